The average molecular weight is 417 g/mol. The molecule has 5 rings (SSSR count). The quantitative estimate of drug-likeness (QED) is 0.610. The lowest BCUT2D eigenvalue weighted by atomic mass is 9.98. The number of hydrogen-bond acceptors (Lipinski definition) is 5. The minimum absolute atomic E-state index is 0.561. The normalized spacial score (nSPS) is 22.1. The van der Waals surface area contributed by atoms with Gasteiger partial charge >= 0.3 is 0 Å². The predicted molar refractivity (Wildman–Crippen MR) is 124 cm³/mol. The molecule has 2 aliphatic rings. The Morgan fingerprint density at radius 3 is 2.61 bits per heavy atom. The number of aryl methyl sites for hydroxylation is 2. The van der Waals surface area contributed by atoms with Crippen molar-refractivity contribution in [1.29, 1.82) is 0 Å². The SMILES string of the molecule is Cc1cnn(C)c1-c1ccc(N2CCC3CN(CCC(C)c4ccccc4)CC32)nn1. The maximum atomic E-state index is 4.61. The summed E-state index contributed by atoms with van der Waals surface area (Å²) in [5, 5.41) is 13.5. The lowest BCUT2D eigenvalue weighted by Crippen LogP contribution is -2.36. The molecule has 2 aromatic heterocycles. The molecule has 162 valence electrons. The van der Waals surface area contributed by atoms with E-state index in [1.807, 2.05) is 17.9 Å². The van der Waals surface area contributed by atoms with Crippen molar-refractivity contribution in [2.75, 3.05) is 31.1 Å². The molecule has 1 aromatic carbocycles. The van der Waals surface area contributed by atoms with Gasteiger partial charge in [0, 0.05) is 32.7 Å². The van der Waals surface area contributed by atoms with Gasteiger partial charge in [0.1, 0.15) is 5.69 Å². The minimum atomic E-state index is 0.561. The summed E-state index contributed by atoms with van der Waals surface area (Å²) >= 11 is 0. The highest BCUT2D eigenvalue weighted by Crippen LogP contribution is 2.35. The van der Waals surface area contributed by atoms with Crippen molar-refractivity contribution in [1.82, 2.24) is 24.9 Å². The van der Waals surface area contributed by atoms with Crippen molar-refractivity contribution in [2.24, 2.45) is 13.0 Å². The minimum Gasteiger partial charge on any atom is -0.351 e. The van der Waals surface area contributed by atoms with E-state index in [0.29, 0.717) is 12.0 Å². The number of hydrogen-bond donors (Lipinski definition) is 0. The molecule has 3 atom stereocenters. The van der Waals surface area contributed by atoms with Gasteiger partial charge in [0.25, 0.3) is 0 Å². The molecule has 0 amide bonds. The van der Waals surface area contributed by atoms with E-state index in [1.54, 1.807) is 0 Å². The highest BCUT2D eigenvalue weighted by Gasteiger charge is 2.41. The number of rotatable bonds is 6. The second-order valence-electron chi connectivity index (χ2n) is 9.25. The largest absolute Gasteiger partial charge is 0.351 e. The van der Waals surface area contributed by atoms with E-state index in [4.69, 9.17) is 0 Å². The summed E-state index contributed by atoms with van der Waals surface area (Å²) < 4.78 is 1.87. The maximum absolute atomic E-state index is 4.61. The number of aromatic nitrogens is 4. The summed E-state index contributed by atoms with van der Waals surface area (Å²) in [6.07, 6.45) is 4.34. The molecule has 31 heavy (non-hydrogen) atoms. The lowest BCUT2D eigenvalue weighted by Gasteiger charge is -2.26. The zero-order valence-electron chi connectivity index (χ0n) is 18.8. The number of likely N-dealkylation sites (tertiary alicyclic amines) is 1. The van der Waals surface area contributed by atoms with Crippen LogP contribution >= 0.6 is 0 Å². The molecule has 0 N–H and O–H groups in total. The summed E-state index contributed by atoms with van der Waals surface area (Å²) in [6, 6.07) is 15.7. The van der Waals surface area contributed by atoms with E-state index in [-0.39, 0.29) is 0 Å². The first-order valence-electron chi connectivity index (χ1n) is 11.5. The number of benzene rings is 1. The number of fused-ring (bicyclic) bond motifs is 1. The lowest BCUT2D eigenvalue weighted by molar-refractivity contribution is 0.305. The molecule has 0 spiro atoms. The highest BCUT2D eigenvalue weighted by atomic mass is 15.3. The van der Waals surface area contributed by atoms with E-state index < -0.39 is 0 Å². The Kier molecular flexibility index (Phi) is 5.48. The molecule has 0 saturated carbocycles. The van der Waals surface area contributed by atoms with Gasteiger partial charge in [-0.05, 0) is 61.4 Å². The molecule has 3 aromatic rings. The average Bonchev–Trinajstić information content (AvgIpc) is 3.47. The van der Waals surface area contributed by atoms with Gasteiger partial charge < -0.3 is 9.80 Å². The summed E-state index contributed by atoms with van der Waals surface area (Å²) in [6.45, 7) is 9.01. The summed E-state index contributed by atoms with van der Waals surface area (Å²) in [4.78, 5) is 5.14. The molecule has 2 fully saturated rings. The fraction of sp³-hybridized carbons (Fsp3) is 0.480. The van der Waals surface area contributed by atoms with Crippen LogP contribution in [-0.2, 0) is 7.05 Å². The molecule has 6 nitrogen and oxygen atoms in total. The van der Waals surface area contributed by atoms with Crippen LogP contribution in [0.25, 0.3) is 11.4 Å². The Morgan fingerprint density at radius 1 is 1.06 bits per heavy atom. The van der Waals surface area contributed by atoms with Crippen LogP contribution in [0, 0.1) is 12.8 Å². The van der Waals surface area contributed by atoms with Gasteiger partial charge in [0.2, 0.25) is 0 Å². The summed E-state index contributed by atoms with van der Waals surface area (Å²) in [5.41, 5.74) is 4.50. The molecule has 0 radical (unpaired) electrons. The van der Waals surface area contributed by atoms with Crippen LogP contribution in [0.5, 0.6) is 0 Å². The Bertz CT molecular complexity index is 993. The molecular weight excluding hydrogens is 384 g/mol. The zero-order chi connectivity index (χ0) is 21.4. The fourth-order valence-corrected chi connectivity index (χ4v) is 5.36. The van der Waals surface area contributed by atoms with E-state index in [2.05, 4.69) is 81.4 Å². The van der Waals surface area contributed by atoms with Crippen LogP contribution in [0.3, 0.4) is 0 Å². The Balaban J connectivity index is 1.22. The number of nitrogens with zero attached hydrogens (tertiary/aromatic N) is 6. The van der Waals surface area contributed by atoms with Gasteiger partial charge in [0.05, 0.1) is 11.9 Å². The Labute approximate surface area is 184 Å². The van der Waals surface area contributed by atoms with Gasteiger partial charge in [-0.1, -0.05) is 37.3 Å². The van der Waals surface area contributed by atoms with Gasteiger partial charge in [-0.2, -0.15) is 5.10 Å². The number of anilines is 1. The molecule has 6 heteroatoms. The van der Waals surface area contributed by atoms with Crippen LogP contribution in [0.1, 0.15) is 36.8 Å². The Hall–Kier alpha value is -2.73. The van der Waals surface area contributed by atoms with Crippen LogP contribution in [0.4, 0.5) is 5.82 Å². The van der Waals surface area contributed by atoms with Crippen molar-refractivity contribution in [3.63, 3.8) is 0 Å². The first kappa shape index (κ1) is 20.2. The third-order valence-electron chi connectivity index (χ3n) is 7.18. The second-order valence-corrected chi connectivity index (χ2v) is 9.25. The van der Waals surface area contributed by atoms with E-state index in [9.17, 15) is 0 Å². The van der Waals surface area contributed by atoms with Gasteiger partial charge in [-0.25, -0.2) is 0 Å². The molecule has 2 saturated heterocycles. The Morgan fingerprint density at radius 2 is 1.90 bits per heavy atom. The fourth-order valence-electron chi connectivity index (χ4n) is 5.36. The first-order valence-corrected chi connectivity index (χ1v) is 11.5. The summed E-state index contributed by atoms with van der Waals surface area (Å²) in [5.74, 6) is 2.36. The monoisotopic (exact) mass is 416 g/mol. The molecule has 4 heterocycles. The standard InChI is InChI=1S/C25H32N6/c1-18(20-7-5-4-6-8-20)11-13-30-16-21-12-14-31(23(21)17-30)24-10-9-22(27-28-24)25-19(2)15-26-29(25)3/h4-10,15,18,21,23H,11-14,16-17H2,1-3H3. The van der Waals surface area contributed by atoms with Crippen molar-refractivity contribution in [2.45, 2.75) is 38.6 Å². The smallest absolute Gasteiger partial charge is 0.151 e. The van der Waals surface area contributed by atoms with Gasteiger partial charge in [0.15, 0.2) is 5.82 Å². The van der Waals surface area contributed by atoms with E-state index >= 15 is 0 Å². The molecule has 0 aliphatic carbocycles. The predicted octanol–water partition coefficient (Wildman–Crippen LogP) is 3.89. The summed E-state index contributed by atoms with van der Waals surface area (Å²) in [7, 11) is 1.95. The molecule has 0 bridgehead atoms. The van der Waals surface area contributed by atoms with Crippen LogP contribution in [-0.4, -0.2) is 57.1 Å². The topological polar surface area (TPSA) is 50.1 Å². The third kappa shape index (κ3) is 3.97. The molecular formula is C25H32N6. The second kappa shape index (κ2) is 8.42. The van der Waals surface area contributed by atoms with Crippen molar-refractivity contribution in [3.05, 3.63) is 59.8 Å². The van der Waals surface area contributed by atoms with E-state index in [0.717, 1.165) is 41.8 Å². The van der Waals surface area contributed by atoms with Gasteiger partial charge in [-0.15, -0.1) is 10.2 Å². The maximum Gasteiger partial charge on any atom is 0.151 e. The van der Waals surface area contributed by atoms with Crippen LogP contribution < -0.4 is 4.90 Å². The zero-order valence-corrected chi connectivity index (χ0v) is 18.8. The third-order valence-corrected chi connectivity index (χ3v) is 7.18. The van der Waals surface area contributed by atoms with Crippen molar-refractivity contribution >= 4 is 5.82 Å². The molecule has 2 aliphatic heterocycles. The van der Waals surface area contributed by atoms with Crippen molar-refractivity contribution < 1.29 is 0 Å². The van der Waals surface area contributed by atoms with E-state index in [1.165, 1.54) is 31.5 Å². The highest BCUT2D eigenvalue weighted by molar-refractivity contribution is 5.59. The first-order chi connectivity index (χ1) is 15.1. The van der Waals surface area contributed by atoms with Crippen LogP contribution in [0.15, 0.2) is 48.7 Å². The van der Waals surface area contributed by atoms with Crippen LogP contribution in [0.2, 0.25) is 0 Å². The van der Waals surface area contributed by atoms with Gasteiger partial charge in [-0.3, -0.25) is 4.68 Å². The molecule has 3 unspecified atom stereocenters. The van der Waals surface area contributed by atoms with Crippen molar-refractivity contribution in [3.8, 4) is 11.4 Å².